The first-order chi connectivity index (χ1) is 30.8. The van der Waals surface area contributed by atoms with E-state index in [9.17, 15) is 14.9 Å². The van der Waals surface area contributed by atoms with Crippen LogP contribution in [0.15, 0.2) is 73.8 Å². The first kappa shape index (κ1) is 39.2. The fraction of sp³-hybridized carbons (Fsp3) is 0.244. The number of aryl methyl sites for hydroxylation is 1. The number of likely N-dealkylation sites (N-methyl/N-ethyl adjacent to an activating group) is 1. The number of pyridine rings is 1. The highest BCUT2D eigenvalue weighted by Gasteiger charge is 2.26. The van der Waals surface area contributed by atoms with Crippen LogP contribution in [0.4, 0.5) is 20.7 Å². The van der Waals surface area contributed by atoms with E-state index in [1.807, 2.05) is 30.9 Å². The van der Waals surface area contributed by atoms with E-state index in [1.54, 1.807) is 64.3 Å². The van der Waals surface area contributed by atoms with E-state index in [0.717, 1.165) is 38.9 Å². The molecule has 0 atom stereocenters. The number of nitriles is 2. The summed E-state index contributed by atoms with van der Waals surface area (Å²) in [5, 5.41) is 30.5. The lowest BCUT2D eigenvalue weighted by Crippen LogP contribution is -2.23. The number of anilines is 2. The number of rotatable bonds is 13. The average Bonchev–Trinajstić information content (AvgIpc) is 4.15. The zero-order chi connectivity index (χ0) is 43.2. The number of nitrogens with zero attached hydrogens (tertiary/aromatic N) is 12. The van der Waals surface area contributed by atoms with Crippen molar-refractivity contribution in [1.82, 2.24) is 48.4 Å². The fourth-order valence-electron chi connectivity index (χ4n) is 8.36. The minimum atomic E-state index is -0.348. The van der Waals surface area contributed by atoms with Crippen LogP contribution >= 0.6 is 0 Å². The van der Waals surface area contributed by atoms with Gasteiger partial charge in [-0.3, -0.25) is 18.5 Å². The van der Waals surface area contributed by atoms with Crippen molar-refractivity contribution in [3.05, 3.63) is 130 Å². The standard InChI is InChI=1S/C45H38F2N14O2/c1-26-5-8-50-17-33(26)37-21-54-45(61-25-30(15-49)57-43(37)61)53-20-36-32-7-12-63-41(32)27(13-39(36)47)22-58(2)9-10-59-23-28(16-55-59)34-18-51-44(60-24-29(14-48)56-42(34)60)52-19-35-31-6-11-62-40(31)4-3-38(35)46/h3-5,8,13,16-18,21,23-25H,6-7,9-12,19-20,22H2,1-2H3,(H,51,52)(H,53,54). The number of fused-ring (bicyclic) bond motifs is 4. The van der Waals surface area contributed by atoms with Gasteiger partial charge in [0.25, 0.3) is 0 Å². The molecule has 0 fully saturated rings. The molecule has 0 amide bonds. The van der Waals surface area contributed by atoms with Crippen LogP contribution in [-0.2, 0) is 39.0 Å². The van der Waals surface area contributed by atoms with Crippen LogP contribution in [0, 0.1) is 41.2 Å². The molecule has 314 valence electrons. The van der Waals surface area contributed by atoms with Gasteiger partial charge >= 0.3 is 0 Å². The third-order valence-corrected chi connectivity index (χ3v) is 11.5. The lowest BCUT2D eigenvalue weighted by Gasteiger charge is -2.20. The van der Waals surface area contributed by atoms with Crippen molar-refractivity contribution in [2.75, 3.05) is 37.4 Å². The first-order valence-electron chi connectivity index (χ1n) is 20.3. The smallest absolute Gasteiger partial charge is 0.208 e. The highest BCUT2D eigenvalue weighted by molar-refractivity contribution is 5.80. The van der Waals surface area contributed by atoms with E-state index in [1.165, 1.54) is 6.07 Å². The lowest BCUT2D eigenvalue weighted by atomic mass is 10.00. The normalized spacial score (nSPS) is 12.9. The van der Waals surface area contributed by atoms with Crippen LogP contribution in [-0.4, -0.2) is 75.2 Å². The monoisotopic (exact) mass is 844 g/mol. The van der Waals surface area contributed by atoms with Crippen molar-refractivity contribution in [3.63, 3.8) is 0 Å². The number of hydrogen-bond donors (Lipinski definition) is 2. The molecule has 0 aliphatic carbocycles. The van der Waals surface area contributed by atoms with Crippen LogP contribution in [0.25, 0.3) is 33.5 Å². The second kappa shape index (κ2) is 16.1. The van der Waals surface area contributed by atoms with Gasteiger partial charge in [-0.2, -0.15) is 15.6 Å². The summed E-state index contributed by atoms with van der Waals surface area (Å²) in [6.07, 6.45) is 14.8. The van der Waals surface area contributed by atoms with E-state index in [-0.39, 0.29) is 36.1 Å². The van der Waals surface area contributed by atoms with Crippen molar-refractivity contribution in [1.29, 1.82) is 10.5 Å². The summed E-state index contributed by atoms with van der Waals surface area (Å²) < 4.78 is 47.9. The molecule has 0 spiro atoms. The Hall–Kier alpha value is -7.96. The molecule has 6 aromatic heterocycles. The molecule has 0 radical (unpaired) electrons. The van der Waals surface area contributed by atoms with Crippen LogP contribution in [0.5, 0.6) is 11.5 Å². The molecule has 0 saturated carbocycles. The van der Waals surface area contributed by atoms with Crippen LogP contribution in [0.3, 0.4) is 0 Å². The molecular weight excluding hydrogens is 807 g/mol. The molecule has 2 aromatic carbocycles. The van der Waals surface area contributed by atoms with Gasteiger partial charge in [0.1, 0.15) is 35.3 Å². The second-order valence-electron chi connectivity index (χ2n) is 15.5. The third kappa shape index (κ3) is 7.25. The minimum absolute atomic E-state index is 0.144. The predicted molar refractivity (Wildman–Crippen MR) is 227 cm³/mol. The maximum absolute atomic E-state index is 16.0. The van der Waals surface area contributed by atoms with E-state index < -0.39 is 0 Å². The van der Waals surface area contributed by atoms with Gasteiger partial charge in [-0.05, 0) is 43.8 Å². The Kier molecular flexibility index (Phi) is 10.0. The Morgan fingerprint density at radius 1 is 0.794 bits per heavy atom. The number of benzene rings is 2. The molecule has 63 heavy (non-hydrogen) atoms. The largest absolute Gasteiger partial charge is 0.493 e. The summed E-state index contributed by atoms with van der Waals surface area (Å²) in [6, 6.07) is 10.7. The van der Waals surface area contributed by atoms with Crippen molar-refractivity contribution in [2.24, 2.45) is 0 Å². The molecule has 16 nitrogen and oxygen atoms in total. The minimum Gasteiger partial charge on any atom is -0.493 e. The van der Waals surface area contributed by atoms with Crippen LogP contribution in [0.2, 0.25) is 0 Å². The van der Waals surface area contributed by atoms with Crippen LogP contribution in [0.1, 0.15) is 44.8 Å². The van der Waals surface area contributed by atoms with Gasteiger partial charge in [0.05, 0.1) is 38.3 Å². The Morgan fingerprint density at radius 2 is 1.48 bits per heavy atom. The van der Waals surface area contributed by atoms with E-state index >= 15 is 4.39 Å². The maximum Gasteiger partial charge on any atom is 0.208 e. The number of imidazole rings is 2. The molecule has 2 N–H and O–H groups in total. The van der Waals surface area contributed by atoms with E-state index in [0.29, 0.717) is 97.1 Å². The highest BCUT2D eigenvalue weighted by Crippen LogP contribution is 2.36. The molecular formula is C45H38F2N14O2. The molecule has 0 saturated heterocycles. The fourth-order valence-corrected chi connectivity index (χ4v) is 8.36. The van der Waals surface area contributed by atoms with Crippen LogP contribution < -0.4 is 20.1 Å². The lowest BCUT2D eigenvalue weighted by molar-refractivity contribution is 0.294. The van der Waals surface area contributed by atoms with E-state index in [4.69, 9.17) is 9.47 Å². The van der Waals surface area contributed by atoms with Crippen molar-refractivity contribution < 1.29 is 18.3 Å². The van der Waals surface area contributed by atoms with Gasteiger partial charge in [-0.25, -0.2) is 28.7 Å². The summed E-state index contributed by atoms with van der Waals surface area (Å²) in [6.45, 7) is 4.82. The van der Waals surface area contributed by atoms with Crippen molar-refractivity contribution in [3.8, 4) is 45.9 Å². The third-order valence-electron chi connectivity index (χ3n) is 11.5. The Bertz CT molecular complexity index is 3180. The molecule has 10 rings (SSSR count). The highest BCUT2D eigenvalue weighted by atomic mass is 19.1. The maximum atomic E-state index is 16.0. The summed E-state index contributed by atoms with van der Waals surface area (Å²) in [5.41, 5.74) is 8.92. The first-order valence-corrected chi connectivity index (χ1v) is 20.3. The molecule has 0 bridgehead atoms. The van der Waals surface area contributed by atoms with Gasteiger partial charge in [-0.1, -0.05) is 0 Å². The van der Waals surface area contributed by atoms with Gasteiger partial charge in [-0.15, -0.1) is 0 Å². The number of aromatic nitrogens is 9. The van der Waals surface area contributed by atoms with Crippen molar-refractivity contribution >= 4 is 23.2 Å². The zero-order valence-corrected chi connectivity index (χ0v) is 34.2. The molecule has 8 aromatic rings. The number of halogens is 2. The molecule has 2 aliphatic heterocycles. The average molecular weight is 845 g/mol. The quantitative estimate of drug-likeness (QED) is 0.133. The van der Waals surface area contributed by atoms with Crippen molar-refractivity contribution in [2.45, 2.75) is 45.9 Å². The van der Waals surface area contributed by atoms with Gasteiger partial charge < -0.3 is 25.0 Å². The number of hydrogen-bond acceptors (Lipinski definition) is 13. The Morgan fingerprint density at radius 3 is 2.21 bits per heavy atom. The van der Waals surface area contributed by atoms with Gasteiger partial charge in [0.2, 0.25) is 11.9 Å². The number of nitrogens with one attached hydrogen (secondary N) is 2. The Labute approximate surface area is 359 Å². The molecule has 18 heteroatoms. The zero-order valence-electron chi connectivity index (χ0n) is 34.2. The topological polar surface area (TPSA) is 184 Å². The summed E-state index contributed by atoms with van der Waals surface area (Å²) >= 11 is 0. The summed E-state index contributed by atoms with van der Waals surface area (Å²) in [4.78, 5) is 24.7. The summed E-state index contributed by atoms with van der Waals surface area (Å²) in [5.74, 6) is 1.54. The SMILES string of the molecule is Cc1ccncc1-c1cnc(NCc2c(F)cc(CN(C)CCn3cc(-c4cnc(NCc5c(F)ccc6c5CCO6)n5cc(C#N)nc45)cn3)c3c2CCO3)n2cc(C#N)nc12. The second-order valence-corrected chi connectivity index (χ2v) is 15.5. The molecule has 0 unspecified atom stereocenters. The predicted octanol–water partition coefficient (Wildman–Crippen LogP) is 6.25. The Balaban J connectivity index is 0.818. The molecule has 8 heterocycles. The van der Waals surface area contributed by atoms with Gasteiger partial charge in [0.15, 0.2) is 22.7 Å². The molecule has 2 aliphatic rings. The number of ether oxygens (including phenoxy) is 2. The summed E-state index contributed by atoms with van der Waals surface area (Å²) in [7, 11) is 1.96. The van der Waals surface area contributed by atoms with E-state index in [2.05, 4.69) is 57.7 Å². The van der Waals surface area contributed by atoms with Gasteiger partial charge in [0, 0.05) is 120 Å².